The molecule has 0 aliphatic rings. The van der Waals surface area contributed by atoms with Crippen LogP contribution in [0.3, 0.4) is 0 Å². The van der Waals surface area contributed by atoms with E-state index < -0.39 is 0 Å². The number of hydrogen-bond acceptors (Lipinski definition) is 4. The molecule has 1 aromatic heterocycles. The minimum atomic E-state index is -0.372. The topological polar surface area (TPSA) is 69.0 Å². The highest BCUT2D eigenvalue weighted by Gasteiger charge is 2.16. The summed E-state index contributed by atoms with van der Waals surface area (Å²) < 4.78 is 21.0. The summed E-state index contributed by atoms with van der Waals surface area (Å²) in [4.78, 5) is 16.9. The molecule has 1 amide bonds. The number of amides is 1. The fraction of sp³-hybridized carbons (Fsp3) is 0.125. The first-order valence-corrected chi connectivity index (χ1v) is 10.3. The number of carbonyl (C=O) groups is 1. The van der Waals surface area contributed by atoms with Crippen LogP contribution in [-0.4, -0.2) is 26.8 Å². The molecule has 162 valence electrons. The van der Waals surface area contributed by atoms with Crippen molar-refractivity contribution < 1.29 is 13.9 Å². The van der Waals surface area contributed by atoms with E-state index in [4.69, 9.17) is 16.3 Å². The molecule has 0 aliphatic carbocycles. The van der Waals surface area contributed by atoms with Crippen LogP contribution in [0.4, 0.5) is 10.1 Å². The van der Waals surface area contributed by atoms with Crippen LogP contribution in [0.2, 0.25) is 5.02 Å². The number of aromatic nitrogens is 3. The van der Waals surface area contributed by atoms with Gasteiger partial charge < -0.3 is 10.1 Å². The number of anilines is 1. The average Bonchev–Trinajstić information content (AvgIpc) is 3.18. The molecule has 3 aromatic carbocycles. The minimum absolute atomic E-state index is 0.114. The predicted molar refractivity (Wildman–Crippen MR) is 122 cm³/mol. The highest BCUT2D eigenvalue weighted by molar-refractivity contribution is 6.30. The second kappa shape index (κ2) is 9.20. The van der Waals surface area contributed by atoms with Gasteiger partial charge in [-0.25, -0.2) is 9.07 Å². The lowest BCUT2D eigenvalue weighted by Gasteiger charge is -2.09. The van der Waals surface area contributed by atoms with Crippen molar-refractivity contribution in [3.8, 4) is 23.1 Å². The molecule has 0 radical (unpaired) electrons. The Morgan fingerprint density at radius 2 is 1.78 bits per heavy atom. The lowest BCUT2D eigenvalue weighted by Crippen LogP contribution is -2.11. The van der Waals surface area contributed by atoms with Gasteiger partial charge >= 0.3 is 6.01 Å². The van der Waals surface area contributed by atoms with Gasteiger partial charge in [-0.2, -0.15) is 4.98 Å². The molecule has 0 atom stereocenters. The molecule has 0 saturated carbocycles. The first-order chi connectivity index (χ1) is 15.4. The number of halogens is 2. The quantitative estimate of drug-likeness (QED) is 0.405. The molecule has 4 aromatic rings. The fourth-order valence-electron chi connectivity index (χ4n) is 3.04. The van der Waals surface area contributed by atoms with Gasteiger partial charge in [0.1, 0.15) is 5.82 Å². The molecule has 32 heavy (non-hydrogen) atoms. The zero-order chi connectivity index (χ0) is 22.7. The molecule has 0 unspecified atom stereocenters. The minimum Gasteiger partial charge on any atom is -0.460 e. The van der Waals surface area contributed by atoms with E-state index in [1.54, 1.807) is 65.3 Å². The van der Waals surface area contributed by atoms with Crippen molar-refractivity contribution in [2.24, 2.45) is 0 Å². The summed E-state index contributed by atoms with van der Waals surface area (Å²) in [6.07, 6.45) is -0.114. The van der Waals surface area contributed by atoms with E-state index in [9.17, 15) is 9.18 Å². The number of hydrogen-bond donors (Lipinski definition) is 1. The third-order valence-electron chi connectivity index (χ3n) is 4.49. The summed E-state index contributed by atoms with van der Waals surface area (Å²) in [7, 11) is 0. The SMILES string of the molecule is CC(C)Oc1nc(-c2cccc(F)c2)n(-c2ccc(NC(=O)c3ccc(Cl)cc3)cc2)n1. The van der Waals surface area contributed by atoms with Gasteiger partial charge in [-0.1, -0.05) is 23.7 Å². The van der Waals surface area contributed by atoms with Crippen molar-refractivity contribution in [2.45, 2.75) is 20.0 Å². The van der Waals surface area contributed by atoms with E-state index in [1.807, 2.05) is 13.8 Å². The molecule has 1 N–H and O–H groups in total. The molecule has 1 heterocycles. The van der Waals surface area contributed by atoms with Gasteiger partial charge in [0.2, 0.25) is 0 Å². The van der Waals surface area contributed by atoms with Crippen molar-refractivity contribution in [3.63, 3.8) is 0 Å². The van der Waals surface area contributed by atoms with Crippen LogP contribution in [-0.2, 0) is 0 Å². The molecule has 8 heteroatoms. The van der Waals surface area contributed by atoms with E-state index in [0.29, 0.717) is 33.3 Å². The third-order valence-corrected chi connectivity index (χ3v) is 4.74. The van der Waals surface area contributed by atoms with Gasteiger partial charge in [0.05, 0.1) is 11.8 Å². The Balaban J connectivity index is 1.62. The van der Waals surface area contributed by atoms with Crippen LogP contribution in [0.1, 0.15) is 24.2 Å². The van der Waals surface area contributed by atoms with Gasteiger partial charge in [0, 0.05) is 21.8 Å². The number of benzene rings is 3. The smallest absolute Gasteiger partial charge is 0.336 e. The Kier molecular flexibility index (Phi) is 6.18. The summed E-state index contributed by atoms with van der Waals surface area (Å²) in [6.45, 7) is 3.75. The largest absolute Gasteiger partial charge is 0.460 e. The first kappa shape index (κ1) is 21.5. The van der Waals surface area contributed by atoms with Crippen molar-refractivity contribution in [2.75, 3.05) is 5.32 Å². The number of ether oxygens (including phenoxy) is 1. The maximum atomic E-state index is 13.8. The Morgan fingerprint density at radius 3 is 2.44 bits per heavy atom. The van der Waals surface area contributed by atoms with Crippen LogP contribution in [0, 0.1) is 5.82 Å². The lowest BCUT2D eigenvalue weighted by molar-refractivity contribution is 0.102. The van der Waals surface area contributed by atoms with Crippen LogP contribution >= 0.6 is 11.6 Å². The van der Waals surface area contributed by atoms with Crippen LogP contribution in [0.15, 0.2) is 72.8 Å². The molecule has 6 nitrogen and oxygen atoms in total. The highest BCUT2D eigenvalue weighted by Crippen LogP contribution is 2.25. The van der Waals surface area contributed by atoms with Crippen LogP contribution in [0.5, 0.6) is 6.01 Å². The maximum absolute atomic E-state index is 13.8. The van der Waals surface area contributed by atoms with Crippen molar-refractivity contribution in [1.82, 2.24) is 14.8 Å². The normalized spacial score (nSPS) is 10.9. The number of carbonyl (C=O) groups excluding carboxylic acids is 1. The fourth-order valence-corrected chi connectivity index (χ4v) is 3.16. The average molecular weight is 451 g/mol. The predicted octanol–water partition coefficient (Wildman–Crippen LogP) is 5.77. The van der Waals surface area contributed by atoms with Gasteiger partial charge in [-0.05, 0) is 74.5 Å². The summed E-state index contributed by atoms with van der Waals surface area (Å²) in [5.74, 6) is -0.176. The molecule has 4 rings (SSSR count). The molecule has 0 spiro atoms. The lowest BCUT2D eigenvalue weighted by atomic mass is 10.2. The summed E-state index contributed by atoms with van der Waals surface area (Å²) in [6, 6.07) is 20.0. The maximum Gasteiger partial charge on any atom is 0.336 e. The van der Waals surface area contributed by atoms with Gasteiger partial charge in [0.15, 0.2) is 5.82 Å². The molecule has 0 bridgehead atoms. The van der Waals surface area contributed by atoms with E-state index in [1.165, 1.54) is 12.1 Å². The first-order valence-electron chi connectivity index (χ1n) is 9.96. The van der Waals surface area contributed by atoms with E-state index in [2.05, 4.69) is 15.4 Å². The van der Waals surface area contributed by atoms with E-state index in [0.717, 1.165) is 0 Å². The van der Waals surface area contributed by atoms with E-state index >= 15 is 0 Å². The Bertz CT molecular complexity index is 1240. The Labute approximate surface area is 189 Å². The van der Waals surface area contributed by atoms with Gasteiger partial charge in [0.25, 0.3) is 5.91 Å². The summed E-state index contributed by atoms with van der Waals surface area (Å²) in [5.41, 5.74) is 2.36. The number of nitrogens with one attached hydrogen (secondary N) is 1. The van der Waals surface area contributed by atoms with Crippen LogP contribution < -0.4 is 10.1 Å². The second-order valence-corrected chi connectivity index (χ2v) is 7.75. The summed E-state index contributed by atoms with van der Waals surface area (Å²) in [5, 5.41) is 7.84. The molecule has 0 saturated heterocycles. The third kappa shape index (κ3) is 4.95. The highest BCUT2D eigenvalue weighted by atomic mass is 35.5. The van der Waals surface area contributed by atoms with Gasteiger partial charge in [-0.3, -0.25) is 4.79 Å². The standard InChI is InChI=1S/C24H20ClFN4O2/c1-15(2)32-24-28-22(17-4-3-5-19(26)14-17)30(29-24)21-12-10-20(11-13-21)27-23(31)16-6-8-18(25)9-7-16/h3-15H,1-2H3,(H,27,31). The Hall–Kier alpha value is -3.71. The Morgan fingerprint density at radius 1 is 1.06 bits per heavy atom. The number of rotatable bonds is 6. The monoisotopic (exact) mass is 450 g/mol. The second-order valence-electron chi connectivity index (χ2n) is 7.31. The summed E-state index contributed by atoms with van der Waals surface area (Å²) >= 11 is 5.87. The van der Waals surface area contributed by atoms with Crippen LogP contribution in [0.25, 0.3) is 17.1 Å². The molecule has 0 aliphatic heterocycles. The van der Waals surface area contributed by atoms with Crippen molar-refractivity contribution in [3.05, 3.63) is 89.2 Å². The van der Waals surface area contributed by atoms with Crippen molar-refractivity contribution >= 4 is 23.2 Å². The molecular formula is C24H20ClFN4O2. The zero-order valence-electron chi connectivity index (χ0n) is 17.4. The number of nitrogens with zero attached hydrogens (tertiary/aromatic N) is 3. The molecular weight excluding hydrogens is 431 g/mol. The molecule has 0 fully saturated rings. The van der Waals surface area contributed by atoms with Gasteiger partial charge in [-0.15, -0.1) is 5.10 Å². The zero-order valence-corrected chi connectivity index (χ0v) is 18.2. The van der Waals surface area contributed by atoms with Crippen molar-refractivity contribution in [1.29, 1.82) is 0 Å². The van der Waals surface area contributed by atoms with E-state index in [-0.39, 0.29) is 23.8 Å².